The Labute approximate surface area is 775 Å². The van der Waals surface area contributed by atoms with Crippen LogP contribution in [0, 0.1) is 0 Å². The summed E-state index contributed by atoms with van der Waals surface area (Å²) in [5.74, 6) is -7.91. The molecule has 2 fully saturated rings. The molecule has 34 nitrogen and oxygen atoms in total. The zero-order valence-corrected chi connectivity index (χ0v) is 76.0. The molecular weight excluding hydrogens is 1750 g/mol. The molecule has 0 saturated carbocycles. The predicted octanol–water partition coefficient (Wildman–Crippen LogP) is 6.34. The standard InChI is InChI=1S/C96H120N6O28S2/c1-62(103)101-83-78(106)57-95(92(115)118-3,129-87(83)85(110)80(108)59-99-89(112)68-31-27-66(28-32-68)64-18-7-5-8-19-64)127-39-16-53-131-52-15-26-77(105)75-36-35-70(56-82(75)125-51-50-124-49-48-123-47-46-122-45-44-121-43-42-120-41-37-98-94(117)126-61-76-73-24-13-11-22-71(73)72-23-12-14-25-74(72)76)91(114)97-38-55-132-54-17-40-128-96(93(116)119-4)58-79(107)84(102-63(2)104)88(130-96)86(111)81(109)60-100-90(113)69-33-29-67(30-34-69)65-20-9-6-10-21-65/h5-14,18-25,27-36,56,76,78-81,83-88,106-111H,15-17,26,37-55,57-61H2,1-4H3,(H,97,114)(H,98,117)(H,99,112)(H,100,113)(H,101,103)(H,102,104). The molecule has 0 radical (unpaired) electrons. The maximum atomic E-state index is 14.1. The number of ether oxygens (including phenoxy) is 13. The van der Waals surface area contributed by atoms with Gasteiger partial charge in [-0.25, -0.2) is 14.4 Å². The fourth-order valence-electron chi connectivity index (χ4n) is 15.2. The molecule has 2 aliphatic heterocycles. The molecule has 36 heteroatoms. The van der Waals surface area contributed by atoms with Crippen molar-refractivity contribution in [3.63, 3.8) is 0 Å². The van der Waals surface area contributed by atoms with Crippen molar-refractivity contribution in [2.24, 2.45) is 0 Å². The van der Waals surface area contributed by atoms with Crippen molar-refractivity contribution in [1.29, 1.82) is 0 Å². The van der Waals surface area contributed by atoms with Crippen LogP contribution in [-0.4, -0.2) is 312 Å². The zero-order valence-electron chi connectivity index (χ0n) is 74.4. The molecule has 12 atom stereocenters. The lowest BCUT2D eigenvalue weighted by Crippen LogP contribution is -2.68. The summed E-state index contributed by atoms with van der Waals surface area (Å²) in [6.45, 7) is 4.49. The lowest BCUT2D eigenvalue weighted by atomic mass is 9.88. The van der Waals surface area contributed by atoms with E-state index >= 15 is 0 Å². The Morgan fingerprint density at radius 2 is 0.841 bits per heavy atom. The molecule has 7 aromatic carbocycles. The Morgan fingerprint density at radius 1 is 0.439 bits per heavy atom. The normalized spacial score (nSPS) is 19.5. The van der Waals surface area contributed by atoms with Gasteiger partial charge in [0.15, 0.2) is 5.78 Å². The minimum atomic E-state index is -2.31. The molecule has 12 N–H and O–H groups in total. The van der Waals surface area contributed by atoms with Crippen molar-refractivity contribution in [3.05, 3.63) is 209 Å². The topological polar surface area (TPSA) is 467 Å². The van der Waals surface area contributed by atoms with Crippen LogP contribution in [0.4, 0.5) is 4.79 Å². The van der Waals surface area contributed by atoms with E-state index < -0.39 is 146 Å². The number of hydrogen-bond acceptors (Lipinski definition) is 30. The average molecular weight is 1870 g/mol. The maximum Gasteiger partial charge on any atom is 0.407 e. The Bertz CT molecular complexity index is 4770. The zero-order chi connectivity index (χ0) is 94.2. The monoisotopic (exact) mass is 1870 g/mol. The van der Waals surface area contributed by atoms with E-state index in [4.69, 9.17) is 61.6 Å². The Hall–Kier alpha value is -10.3. The van der Waals surface area contributed by atoms with E-state index in [1.165, 1.54) is 55.6 Å². The number of amides is 6. The maximum absolute atomic E-state index is 14.1. The Morgan fingerprint density at radius 3 is 1.30 bits per heavy atom. The second-order valence-corrected chi connectivity index (χ2v) is 33.8. The van der Waals surface area contributed by atoms with Crippen molar-refractivity contribution in [3.8, 4) is 39.1 Å². The number of methoxy groups -OCH3 is 2. The summed E-state index contributed by atoms with van der Waals surface area (Å²) in [5, 5.41) is 84.5. The van der Waals surface area contributed by atoms with Crippen molar-refractivity contribution < 1.29 is 135 Å². The number of carbonyl (C=O) groups excluding carboxylic acids is 9. The van der Waals surface area contributed by atoms with Gasteiger partial charge in [-0.1, -0.05) is 133 Å². The molecule has 1 aliphatic carbocycles. The van der Waals surface area contributed by atoms with Crippen LogP contribution in [0.5, 0.6) is 5.75 Å². The molecule has 3 aliphatic rings. The Kier molecular flexibility index (Phi) is 42.6. The molecule has 7 aromatic rings. The van der Waals surface area contributed by atoms with Gasteiger partial charge in [0, 0.05) is 87.7 Å². The van der Waals surface area contributed by atoms with Gasteiger partial charge in [0.25, 0.3) is 29.3 Å². The number of aliphatic hydroxyl groups is 6. The van der Waals surface area contributed by atoms with E-state index in [1.807, 2.05) is 84.9 Å². The highest BCUT2D eigenvalue weighted by Crippen LogP contribution is 2.45. The van der Waals surface area contributed by atoms with Gasteiger partial charge >= 0.3 is 18.0 Å². The molecule has 2 saturated heterocycles. The van der Waals surface area contributed by atoms with Crippen LogP contribution in [0.15, 0.2) is 176 Å². The van der Waals surface area contributed by atoms with Crippen molar-refractivity contribution in [2.75, 3.05) is 156 Å². The number of rotatable bonds is 56. The number of esters is 2. The van der Waals surface area contributed by atoms with E-state index in [9.17, 15) is 73.8 Å². The summed E-state index contributed by atoms with van der Waals surface area (Å²) in [5.41, 5.74) is 9.17. The van der Waals surface area contributed by atoms with Crippen LogP contribution in [0.1, 0.15) is 111 Å². The largest absolute Gasteiger partial charge is 0.490 e. The SMILES string of the molecule is COC(=O)C1(OCCCSCCCC(=O)c2ccc(C(=O)NCCSCCCOC3(C(=O)OC)CC(O)C(NC(C)=O)C(C(O)C(O)CNC(=O)c4ccc(-c5ccccc5)cc4)O3)cc2OCCOCCOCCOCCOCCOCCNC(=O)OCC2c3ccccc3-c3ccccc32)CC(O)C(NC(C)=O)C(C(O)C(O)CNC(=O)c2ccc(-c3ccccc3)cc2)O1. The highest BCUT2D eigenvalue weighted by Gasteiger charge is 2.58. The quantitative estimate of drug-likeness (QED) is 0.00855. The number of thioether (sulfide) groups is 2. The van der Waals surface area contributed by atoms with Gasteiger partial charge in [-0.2, -0.15) is 23.5 Å². The number of carbonyl (C=O) groups is 9. The number of Topliss-reactive ketones (excluding diaryl/α,β-unsaturated/α-hetero) is 1. The average Bonchev–Trinajstić information content (AvgIpc) is 1.56. The summed E-state index contributed by atoms with van der Waals surface area (Å²) >= 11 is 2.92. The predicted molar refractivity (Wildman–Crippen MR) is 489 cm³/mol. The van der Waals surface area contributed by atoms with E-state index in [-0.39, 0.29) is 119 Å². The van der Waals surface area contributed by atoms with Crippen molar-refractivity contribution in [2.45, 2.75) is 131 Å². The molecule has 714 valence electrons. The van der Waals surface area contributed by atoms with Crippen LogP contribution >= 0.6 is 23.5 Å². The highest BCUT2D eigenvalue weighted by atomic mass is 32.2. The number of benzene rings is 7. The number of hydrogen-bond donors (Lipinski definition) is 12. The van der Waals surface area contributed by atoms with Gasteiger partial charge in [0.1, 0.15) is 43.4 Å². The van der Waals surface area contributed by atoms with Crippen molar-refractivity contribution >= 4 is 76.9 Å². The summed E-state index contributed by atoms with van der Waals surface area (Å²) in [6, 6.07) is 50.7. The molecule has 12 unspecified atom stereocenters. The fourth-order valence-corrected chi connectivity index (χ4v) is 16.9. The number of ketones is 1. The Balaban J connectivity index is 0.650. The third-order valence-corrected chi connectivity index (χ3v) is 24.2. The van der Waals surface area contributed by atoms with Gasteiger partial charge < -0.3 is 124 Å². The first-order chi connectivity index (χ1) is 63.9. The summed E-state index contributed by atoms with van der Waals surface area (Å²) < 4.78 is 74.6. The number of aliphatic hydroxyl groups excluding tert-OH is 6. The molecule has 0 aromatic heterocycles. The molecule has 10 rings (SSSR count). The van der Waals surface area contributed by atoms with Gasteiger partial charge in [0.05, 0.1) is 136 Å². The number of nitrogens with one attached hydrogen (secondary N) is 6. The third kappa shape index (κ3) is 30.9. The van der Waals surface area contributed by atoms with Crippen LogP contribution in [0.25, 0.3) is 33.4 Å². The van der Waals surface area contributed by atoms with Gasteiger partial charge in [-0.15, -0.1) is 0 Å². The van der Waals surface area contributed by atoms with Gasteiger partial charge in [0.2, 0.25) is 11.8 Å². The molecule has 132 heavy (non-hydrogen) atoms. The number of fused-ring (bicyclic) bond motifs is 3. The minimum Gasteiger partial charge on any atom is -0.490 e. The lowest BCUT2D eigenvalue weighted by molar-refractivity contribution is -0.311. The second-order valence-electron chi connectivity index (χ2n) is 31.4. The number of alkyl carbamates (subject to hydrolysis) is 1. The molecule has 2 heterocycles. The van der Waals surface area contributed by atoms with Crippen LogP contribution in [0.3, 0.4) is 0 Å². The van der Waals surface area contributed by atoms with Crippen LogP contribution in [0.2, 0.25) is 0 Å². The first-order valence-electron chi connectivity index (χ1n) is 43.9. The first-order valence-corrected chi connectivity index (χ1v) is 46.3. The summed E-state index contributed by atoms with van der Waals surface area (Å²) in [6.07, 6.45) is -14.2. The molecule has 0 bridgehead atoms. The molecule has 0 spiro atoms. The summed E-state index contributed by atoms with van der Waals surface area (Å²) in [4.78, 5) is 119. The van der Waals surface area contributed by atoms with Crippen molar-refractivity contribution in [1.82, 2.24) is 31.9 Å². The van der Waals surface area contributed by atoms with E-state index in [2.05, 4.69) is 56.2 Å². The first kappa shape index (κ1) is 104. The van der Waals surface area contributed by atoms with E-state index in [0.29, 0.717) is 75.3 Å². The highest BCUT2D eigenvalue weighted by molar-refractivity contribution is 7.99. The second kappa shape index (κ2) is 54.1. The van der Waals surface area contributed by atoms with Gasteiger partial charge in [-0.05, 0) is 123 Å². The van der Waals surface area contributed by atoms with Crippen LogP contribution < -0.4 is 36.6 Å². The van der Waals surface area contributed by atoms with E-state index in [0.717, 1.165) is 58.7 Å². The lowest BCUT2D eigenvalue weighted by Gasteiger charge is -2.47. The third-order valence-electron chi connectivity index (χ3n) is 21.9. The molecular formula is C96H120N6O28S2. The van der Waals surface area contributed by atoms with Crippen LogP contribution in [-0.2, 0) is 76.0 Å². The smallest absolute Gasteiger partial charge is 0.407 e. The fraction of sp³-hybridized carbons (Fsp3) is 0.469. The molecule has 6 amide bonds. The minimum absolute atomic E-state index is 0.00739. The van der Waals surface area contributed by atoms with Gasteiger partial charge in [-0.3, -0.25) is 28.8 Å². The summed E-state index contributed by atoms with van der Waals surface area (Å²) in [7, 11) is 2.15. The van der Waals surface area contributed by atoms with E-state index in [1.54, 1.807) is 48.5 Å².